The topological polar surface area (TPSA) is 126 Å². The number of nitriles is 2. The van der Waals surface area contributed by atoms with E-state index in [0.29, 0.717) is 47.9 Å². The Morgan fingerprint density at radius 1 is 0.719 bits per heavy atom. The zero-order valence-corrected chi connectivity index (χ0v) is 18.7. The highest BCUT2D eigenvalue weighted by Gasteiger charge is 2.39. The summed E-state index contributed by atoms with van der Waals surface area (Å²) in [5.41, 5.74) is 2.65. The number of carbonyl (C=O) groups is 2. The molecule has 0 aliphatic heterocycles. The van der Waals surface area contributed by atoms with Crippen LogP contribution >= 0.6 is 0 Å². The summed E-state index contributed by atoms with van der Waals surface area (Å²) in [6, 6.07) is 4.20. The molecule has 0 aromatic carbocycles. The number of fused-ring (bicyclic) bond motifs is 2. The second-order valence-corrected chi connectivity index (χ2v) is 7.43. The van der Waals surface area contributed by atoms with Gasteiger partial charge in [0.05, 0.1) is 50.3 Å². The average molecular weight is 432 g/mol. The summed E-state index contributed by atoms with van der Waals surface area (Å²) in [5, 5.41) is 18.7. The van der Waals surface area contributed by atoms with Crippen LogP contribution in [0.3, 0.4) is 0 Å². The molecule has 0 saturated heterocycles. The molecule has 1 aliphatic rings. The first-order valence-corrected chi connectivity index (χ1v) is 10.5. The van der Waals surface area contributed by atoms with Gasteiger partial charge >= 0.3 is 0 Å². The zero-order valence-electron chi connectivity index (χ0n) is 18.7. The van der Waals surface area contributed by atoms with E-state index in [2.05, 4.69) is 22.1 Å². The van der Waals surface area contributed by atoms with E-state index in [1.807, 2.05) is 13.8 Å². The molecule has 32 heavy (non-hydrogen) atoms. The van der Waals surface area contributed by atoms with Crippen molar-refractivity contribution in [3.05, 3.63) is 44.8 Å². The lowest BCUT2D eigenvalue weighted by molar-refractivity contribution is 0.0968. The highest BCUT2D eigenvalue weighted by atomic mass is 16.5. The van der Waals surface area contributed by atoms with E-state index in [1.54, 1.807) is 0 Å². The third-order valence-corrected chi connectivity index (χ3v) is 5.53. The Bertz CT molecular complexity index is 1100. The first kappa shape index (κ1) is 22.9. The molecule has 0 spiro atoms. The number of rotatable bonds is 8. The van der Waals surface area contributed by atoms with Gasteiger partial charge in [0.15, 0.2) is 5.78 Å². The number of pyridine rings is 2. The molecule has 0 saturated carbocycles. The number of ether oxygens (including phenoxy) is 2. The van der Waals surface area contributed by atoms with Crippen LogP contribution in [0.2, 0.25) is 0 Å². The maximum Gasteiger partial charge on any atom is 0.231 e. The van der Waals surface area contributed by atoms with E-state index in [9.17, 15) is 20.1 Å². The summed E-state index contributed by atoms with van der Waals surface area (Å²) in [6.07, 6.45) is 2.41. The van der Waals surface area contributed by atoms with E-state index in [0.717, 1.165) is 0 Å². The molecule has 0 atom stereocenters. The molecule has 1 aliphatic carbocycles. The molecular formula is C24H24N4O4. The molecule has 0 unspecified atom stereocenters. The molecule has 3 rings (SSSR count). The first-order chi connectivity index (χ1) is 15.5. The van der Waals surface area contributed by atoms with E-state index in [1.165, 1.54) is 14.2 Å². The summed E-state index contributed by atoms with van der Waals surface area (Å²) in [7, 11) is 2.84. The number of carbonyl (C=O) groups excluding carboxylic acids is 2. The summed E-state index contributed by atoms with van der Waals surface area (Å²) in [6.45, 7) is 3.91. The van der Waals surface area contributed by atoms with Crippen LogP contribution in [0.15, 0.2) is 0 Å². The first-order valence-electron chi connectivity index (χ1n) is 10.5. The van der Waals surface area contributed by atoms with Crippen molar-refractivity contribution < 1.29 is 19.1 Å². The van der Waals surface area contributed by atoms with Crippen LogP contribution in [0, 0.1) is 22.7 Å². The van der Waals surface area contributed by atoms with Crippen molar-refractivity contribution in [1.29, 1.82) is 10.5 Å². The zero-order chi connectivity index (χ0) is 23.4. The van der Waals surface area contributed by atoms with Crippen molar-refractivity contribution in [3.8, 4) is 23.9 Å². The smallest absolute Gasteiger partial charge is 0.231 e. The third-order valence-electron chi connectivity index (χ3n) is 5.53. The van der Waals surface area contributed by atoms with Crippen molar-refractivity contribution >= 4 is 11.6 Å². The van der Waals surface area contributed by atoms with Crippen molar-refractivity contribution in [2.75, 3.05) is 14.2 Å². The molecule has 0 N–H and O–H groups in total. The number of hydrogen-bond donors (Lipinski definition) is 0. The minimum Gasteiger partial charge on any atom is -0.481 e. The van der Waals surface area contributed by atoms with Gasteiger partial charge in [0.2, 0.25) is 17.5 Å². The molecule has 2 aromatic rings. The van der Waals surface area contributed by atoms with E-state index in [4.69, 9.17) is 9.47 Å². The van der Waals surface area contributed by atoms with Gasteiger partial charge in [-0.1, -0.05) is 26.7 Å². The molecular weight excluding hydrogens is 408 g/mol. The lowest BCUT2D eigenvalue weighted by atomic mass is 9.80. The Kier molecular flexibility index (Phi) is 6.85. The minimum absolute atomic E-state index is 0.00940. The standard InChI is InChI=1S/C24H24N4O4/c1-5-7-13-15(9-11-25)23(31-3)27-19-17(13)21(29)18-14(8-6-2)16(10-12-26)24(32-4)28-20(18)22(19)30/h5-10H2,1-4H3. The van der Waals surface area contributed by atoms with Gasteiger partial charge < -0.3 is 9.47 Å². The van der Waals surface area contributed by atoms with Crippen molar-refractivity contribution in [2.24, 2.45) is 0 Å². The Morgan fingerprint density at radius 3 is 1.44 bits per heavy atom. The van der Waals surface area contributed by atoms with E-state index in [-0.39, 0.29) is 52.9 Å². The van der Waals surface area contributed by atoms with Crippen LogP contribution in [0.5, 0.6) is 11.8 Å². The molecule has 164 valence electrons. The highest BCUT2D eigenvalue weighted by molar-refractivity contribution is 6.28. The fourth-order valence-electron chi connectivity index (χ4n) is 4.26. The lowest BCUT2D eigenvalue weighted by Gasteiger charge is -2.25. The SMILES string of the molecule is CCCc1c(CC#N)c(OC)nc2c1C(=O)c1c(nc(OC)c(CC#N)c1CCC)C2=O. The van der Waals surface area contributed by atoms with Crippen LogP contribution in [-0.2, 0) is 25.7 Å². The van der Waals surface area contributed by atoms with Gasteiger partial charge in [-0.3, -0.25) is 9.59 Å². The van der Waals surface area contributed by atoms with E-state index < -0.39 is 5.78 Å². The van der Waals surface area contributed by atoms with Crippen LogP contribution in [-0.4, -0.2) is 35.8 Å². The maximum absolute atomic E-state index is 13.9. The summed E-state index contributed by atoms with van der Waals surface area (Å²) in [5.74, 6) is -0.515. The van der Waals surface area contributed by atoms with Crippen LogP contribution in [0.25, 0.3) is 0 Å². The third kappa shape index (κ3) is 3.58. The molecule has 8 heteroatoms. The predicted molar refractivity (Wildman–Crippen MR) is 115 cm³/mol. The second-order valence-electron chi connectivity index (χ2n) is 7.43. The Labute approximate surface area is 186 Å². The normalized spacial score (nSPS) is 11.9. The van der Waals surface area contributed by atoms with Gasteiger partial charge in [-0.05, 0) is 24.0 Å². The second kappa shape index (κ2) is 9.57. The Morgan fingerprint density at radius 2 is 1.12 bits per heavy atom. The lowest BCUT2D eigenvalue weighted by Crippen LogP contribution is -2.29. The maximum atomic E-state index is 13.9. The van der Waals surface area contributed by atoms with Gasteiger partial charge in [0.25, 0.3) is 0 Å². The van der Waals surface area contributed by atoms with Gasteiger partial charge in [-0.2, -0.15) is 10.5 Å². The van der Waals surface area contributed by atoms with E-state index >= 15 is 0 Å². The van der Waals surface area contributed by atoms with Crippen LogP contribution in [0.4, 0.5) is 0 Å². The number of nitrogens with zero attached hydrogens (tertiary/aromatic N) is 4. The van der Waals surface area contributed by atoms with Crippen molar-refractivity contribution in [2.45, 2.75) is 52.4 Å². The highest BCUT2D eigenvalue weighted by Crippen LogP contribution is 2.38. The molecule has 2 heterocycles. The quantitative estimate of drug-likeness (QED) is 0.531. The summed E-state index contributed by atoms with van der Waals surface area (Å²) in [4.78, 5) is 36.1. The summed E-state index contributed by atoms with van der Waals surface area (Å²) < 4.78 is 10.7. The van der Waals surface area contributed by atoms with Crippen molar-refractivity contribution in [1.82, 2.24) is 9.97 Å². The van der Waals surface area contributed by atoms with Gasteiger partial charge in [0, 0.05) is 11.1 Å². The number of hydrogen-bond acceptors (Lipinski definition) is 8. The average Bonchev–Trinajstić information content (AvgIpc) is 2.79. The molecule has 8 nitrogen and oxygen atoms in total. The van der Waals surface area contributed by atoms with Crippen LogP contribution in [0.1, 0.15) is 81.0 Å². The largest absolute Gasteiger partial charge is 0.481 e. The Hall–Kier alpha value is -3.78. The molecule has 0 bridgehead atoms. The Balaban J connectivity index is 2.43. The molecule has 0 amide bonds. The van der Waals surface area contributed by atoms with Gasteiger partial charge in [-0.25, -0.2) is 9.97 Å². The molecule has 0 radical (unpaired) electrons. The summed E-state index contributed by atoms with van der Waals surface area (Å²) >= 11 is 0. The van der Waals surface area contributed by atoms with Gasteiger partial charge in [0.1, 0.15) is 11.4 Å². The minimum atomic E-state index is -0.493. The predicted octanol–water partition coefficient (Wildman–Crippen LogP) is 3.31. The number of aromatic nitrogens is 2. The number of methoxy groups -OCH3 is 2. The van der Waals surface area contributed by atoms with Crippen molar-refractivity contribution in [3.63, 3.8) is 0 Å². The fourth-order valence-corrected chi connectivity index (χ4v) is 4.26. The van der Waals surface area contributed by atoms with Gasteiger partial charge in [-0.15, -0.1) is 0 Å². The monoisotopic (exact) mass is 432 g/mol. The number of ketones is 2. The molecule has 0 fully saturated rings. The fraction of sp³-hybridized carbons (Fsp3) is 0.417. The van der Waals surface area contributed by atoms with Crippen LogP contribution < -0.4 is 9.47 Å². The molecule has 2 aromatic heterocycles.